The summed E-state index contributed by atoms with van der Waals surface area (Å²) in [4.78, 5) is 47.6. The standard InChI is InChI=1S/C32H31F3N4O7S2/c1-18(30(42)43)38-28(40)24(39-29(41)25-13-14-26(47-25)31(2,3)4)15-19-5-7-21(8-6-19)27-36-16-22(17-37-27)20-9-11-23(12-10-20)46-48(44,45)32(33,34)35/h5-14,16-18,24H,15H2,1-4H3,(H,38,40)(H,39,41)(H,42,43). The lowest BCUT2D eigenvalue weighted by molar-refractivity contribution is -0.141. The number of halogens is 3. The Morgan fingerprint density at radius 2 is 1.46 bits per heavy atom. The molecule has 0 bridgehead atoms. The molecule has 0 saturated heterocycles. The fraction of sp³-hybridized carbons (Fsp3) is 0.281. The van der Waals surface area contributed by atoms with Gasteiger partial charge in [0.1, 0.15) is 17.8 Å². The minimum atomic E-state index is -5.79. The van der Waals surface area contributed by atoms with E-state index in [1.807, 2.05) is 26.8 Å². The Labute approximate surface area is 278 Å². The molecule has 2 aromatic heterocycles. The van der Waals surface area contributed by atoms with Gasteiger partial charge in [-0.25, -0.2) is 9.97 Å². The van der Waals surface area contributed by atoms with Crippen molar-refractivity contribution in [1.29, 1.82) is 0 Å². The maximum atomic E-state index is 13.1. The van der Waals surface area contributed by atoms with Crippen LogP contribution in [0.2, 0.25) is 0 Å². The molecule has 2 atom stereocenters. The van der Waals surface area contributed by atoms with Gasteiger partial charge in [0.15, 0.2) is 5.82 Å². The van der Waals surface area contributed by atoms with Gasteiger partial charge >= 0.3 is 21.6 Å². The van der Waals surface area contributed by atoms with Crippen LogP contribution in [0.15, 0.2) is 73.1 Å². The number of benzene rings is 2. The molecular weight excluding hydrogens is 674 g/mol. The van der Waals surface area contributed by atoms with Crippen LogP contribution in [0.5, 0.6) is 5.75 Å². The lowest BCUT2D eigenvalue weighted by Gasteiger charge is -2.20. The van der Waals surface area contributed by atoms with Crippen molar-refractivity contribution in [2.45, 2.75) is 57.1 Å². The number of carbonyl (C=O) groups is 3. The molecule has 254 valence electrons. The van der Waals surface area contributed by atoms with Gasteiger partial charge in [-0.05, 0) is 47.7 Å². The number of alkyl halides is 3. The second-order valence-electron chi connectivity index (χ2n) is 11.7. The van der Waals surface area contributed by atoms with Gasteiger partial charge in [0.25, 0.3) is 5.91 Å². The van der Waals surface area contributed by atoms with Crippen LogP contribution < -0.4 is 14.8 Å². The molecule has 0 fully saturated rings. The molecule has 2 aromatic carbocycles. The van der Waals surface area contributed by atoms with Crippen molar-refractivity contribution in [3.05, 3.63) is 88.4 Å². The van der Waals surface area contributed by atoms with Crippen LogP contribution in [0, 0.1) is 0 Å². The van der Waals surface area contributed by atoms with E-state index in [4.69, 9.17) is 0 Å². The van der Waals surface area contributed by atoms with E-state index in [2.05, 4.69) is 24.8 Å². The lowest BCUT2D eigenvalue weighted by atomic mass is 9.95. The zero-order valence-corrected chi connectivity index (χ0v) is 27.7. The number of rotatable bonds is 11. The van der Waals surface area contributed by atoms with Crippen molar-refractivity contribution in [3.8, 4) is 28.3 Å². The van der Waals surface area contributed by atoms with Crippen LogP contribution in [-0.2, 0) is 31.5 Å². The molecule has 48 heavy (non-hydrogen) atoms. The first-order valence-corrected chi connectivity index (χ1v) is 16.5. The number of nitrogens with zero attached hydrogens (tertiary/aromatic N) is 2. The topological polar surface area (TPSA) is 165 Å². The Morgan fingerprint density at radius 3 is 1.98 bits per heavy atom. The van der Waals surface area contributed by atoms with Crippen LogP contribution in [0.3, 0.4) is 0 Å². The summed E-state index contributed by atoms with van der Waals surface area (Å²) in [5.41, 5.74) is -3.45. The Balaban J connectivity index is 1.47. The Morgan fingerprint density at radius 1 is 0.875 bits per heavy atom. The second kappa shape index (κ2) is 14.1. The summed E-state index contributed by atoms with van der Waals surface area (Å²) in [6.45, 7) is 7.38. The maximum Gasteiger partial charge on any atom is 0.534 e. The fourth-order valence-corrected chi connectivity index (χ4v) is 5.63. The van der Waals surface area contributed by atoms with Gasteiger partial charge < -0.3 is 19.9 Å². The number of carboxylic acid groups (broad SMARTS) is 1. The van der Waals surface area contributed by atoms with Crippen molar-refractivity contribution >= 4 is 39.2 Å². The maximum absolute atomic E-state index is 13.1. The molecule has 3 N–H and O–H groups in total. The zero-order valence-electron chi connectivity index (χ0n) is 26.0. The summed E-state index contributed by atoms with van der Waals surface area (Å²) < 4.78 is 64.3. The first-order chi connectivity index (χ1) is 22.3. The van der Waals surface area contributed by atoms with Gasteiger partial charge in [-0.2, -0.15) is 21.6 Å². The quantitative estimate of drug-likeness (QED) is 0.138. The summed E-state index contributed by atoms with van der Waals surface area (Å²) in [5, 5.41) is 14.4. The molecule has 11 nitrogen and oxygen atoms in total. The first kappa shape index (κ1) is 36.0. The first-order valence-electron chi connectivity index (χ1n) is 14.3. The van der Waals surface area contributed by atoms with Gasteiger partial charge in [0.05, 0.1) is 4.88 Å². The van der Waals surface area contributed by atoms with Crippen LogP contribution >= 0.6 is 11.3 Å². The highest BCUT2D eigenvalue weighted by molar-refractivity contribution is 7.88. The molecule has 0 saturated carbocycles. The minimum absolute atomic E-state index is 0.0610. The molecule has 0 aliphatic heterocycles. The van der Waals surface area contributed by atoms with Crippen molar-refractivity contribution in [3.63, 3.8) is 0 Å². The lowest BCUT2D eigenvalue weighted by Crippen LogP contribution is -2.51. The molecule has 0 aliphatic carbocycles. The van der Waals surface area contributed by atoms with Crippen molar-refractivity contribution in [2.24, 2.45) is 0 Å². The van der Waals surface area contributed by atoms with Gasteiger partial charge in [0, 0.05) is 34.8 Å². The van der Waals surface area contributed by atoms with Gasteiger partial charge in [-0.1, -0.05) is 57.2 Å². The van der Waals surface area contributed by atoms with E-state index in [1.54, 1.807) is 30.3 Å². The SMILES string of the molecule is CC(NC(=O)C(Cc1ccc(-c2ncc(-c3ccc(OS(=O)(=O)C(F)(F)F)cc3)cn2)cc1)NC(=O)c1ccc(C(C)(C)C)s1)C(=O)O. The monoisotopic (exact) mass is 704 g/mol. The van der Waals surface area contributed by atoms with E-state index < -0.39 is 51.2 Å². The molecule has 4 aromatic rings. The normalized spacial score (nSPS) is 13.3. The summed E-state index contributed by atoms with van der Waals surface area (Å²) in [6, 6.07) is 13.0. The number of carbonyl (C=O) groups excluding carboxylic acids is 2. The molecular formula is C32H31F3N4O7S2. The van der Waals surface area contributed by atoms with Crippen LogP contribution in [0.25, 0.3) is 22.5 Å². The molecule has 16 heteroatoms. The Kier molecular flexibility index (Phi) is 10.6. The van der Waals surface area contributed by atoms with E-state index in [-0.39, 0.29) is 11.8 Å². The third kappa shape index (κ3) is 8.95. The Hall–Kier alpha value is -4.83. The predicted octanol–water partition coefficient (Wildman–Crippen LogP) is 5.33. The highest BCUT2D eigenvalue weighted by Gasteiger charge is 2.48. The van der Waals surface area contributed by atoms with E-state index in [1.165, 1.54) is 42.8 Å². The zero-order chi connectivity index (χ0) is 35.4. The minimum Gasteiger partial charge on any atom is -0.480 e. The summed E-state index contributed by atoms with van der Waals surface area (Å²) in [6.07, 6.45) is 3.02. The van der Waals surface area contributed by atoms with E-state index in [9.17, 15) is 41.1 Å². The average molecular weight is 705 g/mol. The largest absolute Gasteiger partial charge is 0.534 e. The number of carboxylic acids is 1. The van der Waals surface area contributed by atoms with E-state index in [0.717, 1.165) is 17.0 Å². The molecule has 2 amide bonds. The molecule has 2 heterocycles. The third-order valence-corrected chi connectivity index (χ3v) is 9.39. The number of hydrogen-bond donors (Lipinski definition) is 3. The van der Waals surface area contributed by atoms with E-state index in [0.29, 0.717) is 33.0 Å². The third-order valence-electron chi connectivity index (χ3n) is 6.90. The average Bonchev–Trinajstić information content (AvgIpc) is 3.53. The van der Waals surface area contributed by atoms with Crippen LogP contribution in [0.1, 0.15) is 47.8 Å². The second-order valence-corrected chi connectivity index (χ2v) is 14.3. The smallest absolute Gasteiger partial charge is 0.480 e. The van der Waals surface area contributed by atoms with Crippen molar-refractivity contribution < 1.29 is 45.3 Å². The van der Waals surface area contributed by atoms with Crippen molar-refractivity contribution in [1.82, 2.24) is 20.6 Å². The molecule has 2 unspecified atom stereocenters. The predicted molar refractivity (Wildman–Crippen MR) is 172 cm³/mol. The highest BCUT2D eigenvalue weighted by atomic mass is 32.2. The summed E-state index contributed by atoms with van der Waals surface area (Å²) in [7, 11) is -5.79. The fourth-order valence-electron chi connectivity index (χ4n) is 4.21. The number of amides is 2. The highest BCUT2D eigenvalue weighted by Crippen LogP contribution is 2.30. The number of aliphatic carboxylic acids is 1. The molecule has 0 aliphatic rings. The molecule has 0 spiro atoms. The van der Waals surface area contributed by atoms with Gasteiger partial charge in [-0.3, -0.25) is 14.4 Å². The van der Waals surface area contributed by atoms with E-state index >= 15 is 0 Å². The number of thiophene rings is 1. The van der Waals surface area contributed by atoms with Gasteiger partial charge in [-0.15, -0.1) is 11.3 Å². The number of hydrogen-bond acceptors (Lipinski definition) is 9. The molecule has 4 rings (SSSR count). The number of nitrogens with one attached hydrogen (secondary N) is 2. The Bertz CT molecular complexity index is 1890. The summed E-state index contributed by atoms with van der Waals surface area (Å²) in [5.74, 6) is -2.51. The van der Waals surface area contributed by atoms with Crippen molar-refractivity contribution in [2.75, 3.05) is 0 Å². The molecule has 0 radical (unpaired) electrons. The van der Waals surface area contributed by atoms with Gasteiger partial charge in [0.2, 0.25) is 5.91 Å². The summed E-state index contributed by atoms with van der Waals surface area (Å²) >= 11 is 1.31. The van der Waals surface area contributed by atoms with Crippen LogP contribution in [0.4, 0.5) is 13.2 Å². The number of aromatic nitrogens is 2. The van der Waals surface area contributed by atoms with Crippen LogP contribution in [-0.4, -0.2) is 58.9 Å².